The van der Waals surface area contributed by atoms with Crippen molar-refractivity contribution < 1.29 is 12.8 Å². The Morgan fingerprint density at radius 2 is 2.00 bits per heavy atom. The Morgan fingerprint density at radius 3 is 2.58 bits per heavy atom. The highest BCUT2D eigenvalue weighted by Gasteiger charge is 2.18. The lowest BCUT2D eigenvalue weighted by atomic mass is 10.4. The summed E-state index contributed by atoms with van der Waals surface area (Å²) < 4.78 is 40.3. The lowest BCUT2D eigenvalue weighted by Crippen LogP contribution is -2.16. The van der Waals surface area contributed by atoms with Gasteiger partial charge in [0.2, 0.25) is 0 Å². The Morgan fingerprint density at radius 1 is 1.37 bits per heavy atom. The molecule has 0 atom stereocenters. The van der Waals surface area contributed by atoms with E-state index in [0.29, 0.717) is 0 Å². The number of hydrogen-bond donors (Lipinski definition) is 1. The van der Waals surface area contributed by atoms with Gasteiger partial charge in [-0.1, -0.05) is 0 Å². The first-order valence-electron chi connectivity index (χ1n) is 5.14. The standard InChI is InChI=1S/C11H9FN4O2S/c1-16-11(8(6-13)7-14-16)15-19(17,18)10-4-2-9(12)3-5-10/h2-5,7,15H,1H3. The number of aromatic nitrogens is 2. The number of aryl methyl sites for hydroxylation is 1. The molecular formula is C11H9FN4O2S. The zero-order valence-corrected chi connectivity index (χ0v) is 10.6. The molecule has 8 heteroatoms. The molecular weight excluding hydrogens is 271 g/mol. The summed E-state index contributed by atoms with van der Waals surface area (Å²) in [4.78, 5) is -0.0982. The van der Waals surface area contributed by atoms with Gasteiger partial charge in [0.05, 0.1) is 11.1 Å². The molecule has 0 amide bonds. The van der Waals surface area contributed by atoms with E-state index in [0.717, 1.165) is 24.3 Å². The van der Waals surface area contributed by atoms with Crippen molar-refractivity contribution in [3.05, 3.63) is 41.8 Å². The fraction of sp³-hybridized carbons (Fsp3) is 0.0909. The second-order valence-corrected chi connectivity index (χ2v) is 5.38. The molecule has 0 unspecified atom stereocenters. The van der Waals surface area contributed by atoms with Gasteiger partial charge in [-0.3, -0.25) is 9.40 Å². The quantitative estimate of drug-likeness (QED) is 0.916. The van der Waals surface area contributed by atoms with Crippen molar-refractivity contribution in [2.45, 2.75) is 4.90 Å². The van der Waals surface area contributed by atoms with Crippen LogP contribution in [0.3, 0.4) is 0 Å². The van der Waals surface area contributed by atoms with Crippen LogP contribution in [-0.4, -0.2) is 18.2 Å². The zero-order chi connectivity index (χ0) is 14.0. The molecule has 19 heavy (non-hydrogen) atoms. The van der Waals surface area contributed by atoms with E-state index in [9.17, 15) is 12.8 Å². The number of nitrogens with zero attached hydrogens (tertiary/aromatic N) is 3. The molecule has 0 fully saturated rings. The van der Waals surface area contributed by atoms with Crippen molar-refractivity contribution >= 4 is 15.8 Å². The SMILES string of the molecule is Cn1ncc(C#N)c1NS(=O)(=O)c1ccc(F)cc1. The number of rotatable bonds is 3. The van der Waals surface area contributed by atoms with Gasteiger partial charge in [-0.2, -0.15) is 10.4 Å². The minimum Gasteiger partial charge on any atom is -0.262 e. The minimum absolute atomic E-state index is 0.0619. The molecule has 0 aliphatic carbocycles. The van der Waals surface area contributed by atoms with E-state index in [1.165, 1.54) is 17.9 Å². The van der Waals surface area contributed by atoms with Crippen LogP contribution in [0.4, 0.5) is 10.2 Å². The average Bonchev–Trinajstić information content (AvgIpc) is 2.70. The first-order valence-corrected chi connectivity index (χ1v) is 6.63. The van der Waals surface area contributed by atoms with Gasteiger partial charge in [0, 0.05) is 7.05 Å². The van der Waals surface area contributed by atoms with Gasteiger partial charge in [-0.25, -0.2) is 12.8 Å². The molecule has 0 saturated heterocycles. The molecule has 0 saturated carbocycles. The molecule has 0 radical (unpaired) electrons. The van der Waals surface area contributed by atoms with E-state index in [-0.39, 0.29) is 16.3 Å². The van der Waals surface area contributed by atoms with Crippen molar-refractivity contribution in [1.29, 1.82) is 5.26 Å². The highest BCUT2D eigenvalue weighted by molar-refractivity contribution is 7.92. The Kier molecular flexibility index (Phi) is 3.23. The normalized spacial score (nSPS) is 11.0. The summed E-state index contributed by atoms with van der Waals surface area (Å²) in [5, 5.41) is 12.6. The van der Waals surface area contributed by atoms with E-state index < -0.39 is 15.8 Å². The molecule has 0 bridgehead atoms. The van der Waals surface area contributed by atoms with E-state index in [1.807, 2.05) is 6.07 Å². The van der Waals surface area contributed by atoms with E-state index >= 15 is 0 Å². The molecule has 1 heterocycles. The van der Waals surface area contributed by atoms with Crippen LogP contribution in [0.1, 0.15) is 5.56 Å². The van der Waals surface area contributed by atoms with Crippen molar-refractivity contribution in [2.75, 3.05) is 4.72 Å². The van der Waals surface area contributed by atoms with Gasteiger partial charge in [0.25, 0.3) is 10.0 Å². The summed E-state index contributed by atoms with van der Waals surface area (Å²) in [6.45, 7) is 0. The lowest BCUT2D eigenvalue weighted by molar-refractivity contribution is 0.598. The first kappa shape index (κ1) is 13.0. The molecule has 1 aromatic carbocycles. The highest BCUT2D eigenvalue weighted by atomic mass is 32.2. The summed E-state index contributed by atoms with van der Waals surface area (Å²) >= 11 is 0. The van der Waals surface area contributed by atoms with Crippen LogP contribution in [0.15, 0.2) is 35.4 Å². The number of nitriles is 1. The third-order valence-corrected chi connectivity index (χ3v) is 3.77. The van der Waals surface area contributed by atoms with Crippen molar-refractivity contribution in [3.8, 4) is 6.07 Å². The largest absolute Gasteiger partial charge is 0.263 e. The Bertz CT molecular complexity index is 744. The van der Waals surface area contributed by atoms with Gasteiger partial charge in [-0.15, -0.1) is 0 Å². The third kappa shape index (κ3) is 2.56. The summed E-state index contributed by atoms with van der Waals surface area (Å²) in [6, 6.07) is 6.20. The third-order valence-electron chi connectivity index (χ3n) is 2.41. The number of sulfonamides is 1. The Labute approximate surface area is 109 Å². The smallest absolute Gasteiger partial charge is 0.262 e. The molecule has 0 aliphatic rings. The van der Waals surface area contributed by atoms with Gasteiger partial charge in [0.1, 0.15) is 17.4 Å². The molecule has 1 N–H and O–H groups in total. The molecule has 98 valence electrons. The molecule has 1 aromatic heterocycles. The lowest BCUT2D eigenvalue weighted by Gasteiger charge is -2.08. The van der Waals surface area contributed by atoms with Crippen molar-refractivity contribution in [2.24, 2.45) is 7.05 Å². The summed E-state index contributed by atoms with van der Waals surface area (Å²) in [6.07, 6.45) is 1.25. The topological polar surface area (TPSA) is 87.8 Å². The van der Waals surface area contributed by atoms with Crippen LogP contribution in [-0.2, 0) is 17.1 Å². The maximum Gasteiger partial charge on any atom is 0.263 e. The average molecular weight is 280 g/mol. The molecule has 0 aliphatic heterocycles. The van der Waals surface area contributed by atoms with Gasteiger partial charge in [-0.05, 0) is 24.3 Å². The van der Waals surface area contributed by atoms with E-state index in [2.05, 4.69) is 9.82 Å². The molecule has 2 rings (SSSR count). The number of benzene rings is 1. The predicted molar refractivity (Wildman–Crippen MR) is 65.1 cm³/mol. The van der Waals surface area contributed by atoms with Gasteiger partial charge in [0.15, 0.2) is 5.82 Å². The Hall–Kier alpha value is -2.40. The monoisotopic (exact) mass is 280 g/mol. The van der Waals surface area contributed by atoms with E-state index in [1.54, 1.807) is 0 Å². The number of halogens is 1. The Balaban J connectivity index is 2.39. The fourth-order valence-corrected chi connectivity index (χ4v) is 2.55. The number of anilines is 1. The van der Waals surface area contributed by atoms with Gasteiger partial charge >= 0.3 is 0 Å². The first-order chi connectivity index (χ1) is 8.94. The fourth-order valence-electron chi connectivity index (χ4n) is 1.44. The van der Waals surface area contributed by atoms with Crippen molar-refractivity contribution in [1.82, 2.24) is 9.78 Å². The van der Waals surface area contributed by atoms with Gasteiger partial charge < -0.3 is 0 Å². The van der Waals surface area contributed by atoms with Crippen LogP contribution in [0, 0.1) is 17.1 Å². The molecule has 2 aromatic rings. The van der Waals surface area contributed by atoms with Crippen LogP contribution in [0.25, 0.3) is 0 Å². The number of hydrogen-bond acceptors (Lipinski definition) is 4. The summed E-state index contributed by atoms with van der Waals surface area (Å²) in [5.41, 5.74) is 0.105. The highest BCUT2D eigenvalue weighted by Crippen LogP contribution is 2.18. The zero-order valence-electron chi connectivity index (χ0n) is 9.83. The van der Waals surface area contributed by atoms with Crippen LogP contribution < -0.4 is 4.72 Å². The second kappa shape index (κ2) is 4.70. The predicted octanol–water partition coefficient (Wildman–Crippen LogP) is 1.23. The van der Waals surface area contributed by atoms with E-state index in [4.69, 9.17) is 5.26 Å². The van der Waals surface area contributed by atoms with Crippen LogP contribution in [0.5, 0.6) is 0 Å². The van der Waals surface area contributed by atoms with Crippen LogP contribution >= 0.6 is 0 Å². The molecule has 0 spiro atoms. The minimum atomic E-state index is -3.88. The summed E-state index contributed by atoms with van der Waals surface area (Å²) in [5.74, 6) is -0.468. The number of nitrogens with one attached hydrogen (secondary N) is 1. The summed E-state index contributed by atoms with van der Waals surface area (Å²) in [7, 11) is -2.38. The maximum absolute atomic E-state index is 12.8. The van der Waals surface area contributed by atoms with Crippen LogP contribution in [0.2, 0.25) is 0 Å². The maximum atomic E-state index is 12.8. The molecule has 6 nitrogen and oxygen atoms in total. The second-order valence-electron chi connectivity index (χ2n) is 3.70. The van der Waals surface area contributed by atoms with Crippen molar-refractivity contribution in [3.63, 3.8) is 0 Å².